The van der Waals surface area contributed by atoms with Gasteiger partial charge in [0, 0.05) is 12.8 Å². The Labute approximate surface area is 288 Å². The summed E-state index contributed by atoms with van der Waals surface area (Å²) in [4.78, 5) is 23.9. The fourth-order valence-electron chi connectivity index (χ4n) is 4.92. The normalized spacial score (nSPS) is 13.7. The molecule has 0 bridgehead atoms. The first-order chi connectivity index (χ1) is 22.8. The third-order valence-corrected chi connectivity index (χ3v) is 7.78. The molecule has 0 heterocycles. The van der Waals surface area contributed by atoms with Gasteiger partial charge in [0.1, 0.15) is 19.3 Å². The molecule has 0 aromatic rings. The smallest absolute Gasteiger partial charge is 0.305 e. The van der Waals surface area contributed by atoms with Crippen molar-refractivity contribution in [1.82, 2.24) is 0 Å². The first kappa shape index (κ1) is 44.6. The molecule has 0 aliphatic heterocycles. The van der Waals surface area contributed by atoms with E-state index in [0.717, 1.165) is 50.9 Å². The molecule has 270 valence electrons. The summed E-state index contributed by atoms with van der Waals surface area (Å²) in [6.45, 7) is 6.39. The van der Waals surface area contributed by atoms with E-state index in [1.165, 1.54) is 64.2 Å². The summed E-state index contributed by atoms with van der Waals surface area (Å²) in [6, 6.07) is 0. The molecule has 0 fully saturated rings. The Kier molecular flexibility index (Phi) is 33.1. The van der Waals surface area contributed by atoms with E-state index in [2.05, 4.69) is 39.0 Å². The summed E-state index contributed by atoms with van der Waals surface area (Å²) in [5.74, 6) is 0.162. The monoisotopic (exact) mass is 659 g/mol. The number of aliphatic hydroxyl groups excluding tert-OH is 2. The molecular formula is C41H70O6. The Morgan fingerprint density at radius 1 is 0.596 bits per heavy atom. The summed E-state index contributed by atoms with van der Waals surface area (Å²) < 4.78 is 10.3. The van der Waals surface area contributed by atoms with Gasteiger partial charge in [0.25, 0.3) is 0 Å². The molecule has 0 rings (SSSR count). The van der Waals surface area contributed by atoms with Crippen LogP contribution >= 0.6 is 0 Å². The van der Waals surface area contributed by atoms with Crippen molar-refractivity contribution >= 4 is 11.9 Å². The SMILES string of the molecule is CC/C=C\C/C=C\CC(O)/C=C/C=C\C/C=C\CCCC(=O)OC[C@@H](O)COC(=O)CCCCCCCCCCCCCCC(C)C. The number of allylic oxidation sites excluding steroid dienone is 8. The second kappa shape index (κ2) is 34.9. The van der Waals surface area contributed by atoms with Crippen molar-refractivity contribution in [2.75, 3.05) is 13.2 Å². The number of rotatable bonds is 32. The molecule has 0 amide bonds. The van der Waals surface area contributed by atoms with Crippen LogP contribution < -0.4 is 0 Å². The second-order valence-corrected chi connectivity index (χ2v) is 13.0. The van der Waals surface area contributed by atoms with Gasteiger partial charge in [0.05, 0.1) is 6.10 Å². The van der Waals surface area contributed by atoms with Crippen LogP contribution in [0.1, 0.15) is 156 Å². The molecule has 0 saturated heterocycles. The molecule has 1 unspecified atom stereocenters. The number of esters is 2. The van der Waals surface area contributed by atoms with E-state index in [0.29, 0.717) is 19.3 Å². The lowest BCUT2D eigenvalue weighted by Gasteiger charge is -2.12. The average Bonchev–Trinajstić information content (AvgIpc) is 3.05. The maximum Gasteiger partial charge on any atom is 0.305 e. The van der Waals surface area contributed by atoms with Gasteiger partial charge in [-0.05, 0) is 50.9 Å². The summed E-state index contributed by atoms with van der Waals surface area (Å²) in [6.07, 6.45) is 40.2. The molecule has 0 radical (unpaired) electrons. The second-order valence-electron chi connectivity index (χ2n) is 13.0. The van der Waals surface area contributed by atoms with E-state index in [9.17, 15) is 19.8 Å². The molecule has 2 atom stereocenters. The van der Waals surface area contributed by atoms with E-state index in [-0.39, 0.29) is 31.6 Å². The van der Waals surface area contributed by atoms with E-state index in [1.54, 1.807) is 6.08 Å². The predicted octanol–water partition coefficient (Wildman–Crippen LogP) is 10.4. The van der Waals surface area contributed by atoms with Gasteiger partial charge in [0.2, 0.25) is 0 Å². The van der Waals surface area contributed by atoms with Gasteiger partial charge in [0.15, 0.2) is 0 Å². The zero-order valence-corrected chi connectivity index (χ0v) is 30.3. The van der Waals surface area contributed by atoms with E-state index >= 15 is 0 Å². The van der Waals surface area contributed by atoms with Crippen molar-refractivity contribution in [3.8, 4) is 0 Å². The first-order valence-corrected chi connectivity index (χ1v) is 18.8. The summed E-state index contributed by atoms with van der Waals surface area (Å²) in [5.41, 5.74) is 0. The zero-order valence-electron chi connectivity index (χ0n) is 30.3. The Bertz CT molecular complexity index is 869. The standard InChI is InChI=1S/C41H70O6/c1-4-5-6-7-21-26-31-38(42)32-27-22-17-14-15-19-24-29-34-41(45)47-36-39(43)35-46-40(44)33-28-23-18-13-11-9-8-10-12-16-20-25-30-37(2)3/h5-6,15,17,19,21-22,26-27,32,37-39,42-43H,4,7-14,16,18,20,23-25,28-31,33-36H2,1-3H3/b6-5-,19-15-,22-17-,26-21-,32-27+/t38?,39-/m0/s1. The number of carbonyl (C=O) groups excluding carboxylic acids is 2. The topological polar surface area (TPSA) is 93.1 Å². The number of unbranched alkanes of at least 4 members (excludes halogenated alkanes) is 12. The number of hydrogen-bond donors (Lipinski definition) is 2. The maximum atomic E-state index is 11.9. The van der Waals surface area contributed by atoms with Crippen LogP contribution in [-0.2, 0) is 19.1 Å². The lowest BCUT2D eigenvalue weighted by molar-refractivity contribution is -0.152. The van der Waals surface area contributed by atoms with E-state index in [4.69, 9.17) is 9.47 Å². The van der Waals surface area contributed by atoms with Gasteiger partial charge in [-0.15, -0.1) is 0 Å². The van der Waals surface area contributed by atoms with Gasteiger partial charge in [-0.25, -0.2) is 0 Å². The highest BCUT2D eigenvalue weighted by Gasteiger charge is 2.12. The molecule has 2 N–H and O–H groups in total. The molecule has 6 heteroatoms. The Morgan fingerprint density at radius 2 is 1.11 bits per heavy atom. The number of aliphatic hydroxyl groups is 2. The van der Waals surface area contributed by atoms with Crippen molar-refractivity contribution in [3.05, 3.63) is 60.8 Å². The number of hydrogen-bond acceptors (Lipinski definition) is 6. The fourth-order valence-corrected chi connectivity index (χ4v) is 4.92. The summed E-state index contributed by atoms with van der Waals surface area (Å²) in [5, 5.41) is 19.9. The largest absolute Gasteiger partial charge is 0.463 e. The average molecular weight is 659 g/mol. The van der Waals surface area contributed by atoms with Crippen molar-refractivity contribution in [2.24, 2.45) is 5.92 Å². The van der Waals surface area contributed by atoms with Crippen molar-refractivity contribution in [2.45, 2.75) is 168 Å². The van der Waals surface area contributed by atoms with E-state index < -0.39 is 12.2 Å². The highest BCUT2D eigenvalue weighted by atomic mass is 16.6. The van der Waals surface area contributed by atoms with Crippen LogP contribution in [0.25, 0.3) is 0 Å². The minimum absolute atomic E-state index is 0.151. The molecule has 6 nitrogen and oxygen atoms in total. The van der Waals surface area contributed by atoms with Crippen LogP contribution in [0.15, 0.2) is 60.8 Å². The van der Waals surface area contributed by atoms with Crippen molar-refractivity contribution in [3.63, 3.8) is 0 Å². The van der Waals surface area contributed by atoms with Crippen molar-refractivity contribution < 1.29 is 29.3 Å². The molecule has 0 aliphatic carbocycles. The van der Waals surface area contributed by atoms with Crippen LogP contribution in [0.5, 0.6) is 0 Å². The van der Waals surface area contributed by atoms with Crippen LogP contribution in [0.4, 0.5) is 0 Å². The van der Waals surface area contributed by atoms with Crippen LogP contribution in [0.3, 0.4) is 0 Å². The third-order valence-electron chi connectivity index (χ3n) is 7.78. The van der Waals surface area contributed by atoms with Gasteiger partial charge >= 0.3 is 11.9 Å². The Hall–Kier alpha value is -2.44. The Morgan fingerprint density at radius 3 is 1.70 bits per heavy atom. The molecule has 0 aromatic carbocycles. The maximum absolute atomic E-state index is 11.9. The molecular weight excluding hydrogens is 588 g/mol. The summed E-state index contributed by atoms with van der Waals surface area (Å²) >= 11 is 0. The van der Waals surface area contributed by atoms with Crippen LogP contribution in [-0.4, -0.2) is 47.6 Å². The van der Waals surface area contributed by atoms with Crippen LogP contribution in [0.2, 0.25) is 0 Å². The van der Waals surface area contributed by atoms with Crippen molar-refractivity contribution in [1.29, 1.82) is 0 Å². The third kappa shape index (κ3) is 36.2. The van der Waals surface area contributed by atoms with E-state index in [1.807, 2.05) is 36.5 Å². The van der Waals surface area contributed by atoms with Gasteiger partial charge in [-0.1, -0.05) is 159 Å². The first-order valence-electron chi connectivity index (χ1n) is 18.8. The highest BCUT2D eigenvalue weighted by Crippen LogP contribution is 2.14. The molecule has 0 saturated carbocycles. The number of ether oxygens (including phenoxy) is 2. The lowest BCUT2D eigenvalue weighted by Crippen LogP contribution is -2.25. The molecule has 0 aromatic heterocycles. The molecule has 0 aliphatic rings. The van der Waals surface area contributed by atoms with Gasteiger partial charge in [-0.3, -0.25) is 9.59 Å². The highest BCUT2D eigenvalue weighted by molar-refractivity contribution is 5.69. The molecule has 0 spiro atoms. The minimum atomic E-state index is -1.01. The predicted molar refractivity (Wildman–Crippen MR) is 197 cm³/mol. The lowest BCUT2D eigenvalue weighted by atomic mass is 10.0. The van der Waals surface area contributed by atoms with Gasteiger partial charge < -0.3 is 19.7 Å². The zero-order chi connectivity index (χ0) is 34.6. The summed E-state index contributed by atoms with van der Waals surface area (Å²) in [7, 11) is 0. The molecule has 47 heavy (non-hydrogen) atoms. The number of carbonyl (C=O) groups is 2. The quantitative estimate of drug-likeness (QED) is 0.0323. The van der Waals surface area contributed by atoms with Gasteiger partial charge in [-0.2, -0.15) is 0 Å². The fraction of sp³-hybridized carbons (Fsp3) is 0.707. The van der Waals surface area contributed by atoms with Crippen LogP contribution in [0, 0.1) is 5.92 Å². The minimum Gasteiger partial charge on any atom is -0.463 e. The Balaban J connectivity index is 3.62.